The van der Waals surface area contributed by atoms with E-state index in [1.807, 2.05) is 6.07 Å². The van der Waals surface area contributed by atoms with Gasteiger partial charge in [0.2, 0.25) is 5.88 Å². The molecule has 238 valence electrons. The van der Waals surface area contributed by atoms with E-state index in [4.69, 9.17) is 29.6 Å². The number of fused-ring (bicyclic) bond motifs is 7. The first-order chi connectivity index (χ1) is 22.4. The molecule has 2 aromatic carbocycles. The molecule has 0 saturated carbocycles. The van der Waals surface area contributed by atoms with Crippen LogP contribution in [0.4, 0.5) is 24.9 Å². The van der Waals surface area contributed by atoms with Gasteiger partial charge >= 0.3 is 6.01 Å². The van der Waals surface area contributed by atoms with Crippen LogP contribution in [0.5, 0.6) is 6.01 Å². The van der Waals surface area contributed by atoms with Crippen molar-refractivity contribution in [3.8, 4) is 23.2 Å². The number of piperazine rings is 1. The predicted molar refractivity (Wildman–Crippen MR) is 163 cm³/mol. The van der Waals surface area contributed by atoms with Gasteiger partial charge in [-0.05, 0) is 55.0 Å². The molecule has 0 spiro atoms. The first kappa shape index (κ1) is 28.1. The fourth-order valence-electron chi connectivity index (χ4n) is 8.80. The molecule has 4 saturated heterocycles. The number of hydrogen-bond acceptors (Lipinski definition) is 10. The fraction of sp³-hybridized carbons (Fsp3) is 0.485. The molecule has 10 nitrogen and oxygen atoms in total. The summed E-state index contributed by atoms with van der Waals surface area (Å²) in [5.41, 5.74) is 7.04. The van der Waals surface area contributed by atoms with Crippen LogP contribution >= 0.6 is 0 Å². The van der Waals surface area contributed by atoms with E-state index in [0.29, 0.717) is 29.7 Å². The zero-order chi connectivity index (χ0) is 31.3. The lowest BCUT2D eigenvalue weighted by Crippen LogP contribution is -2.52. The lowest BCUT2D eigenvalue weighted by Gasteiger charge is -2.37. The molecule has 2 unspecified atom stereocenters. The molecular weight excluding hydrogens is 599 g/mol. The average Bonchev–Trinajstić information content (AvgIpc) is 3.85. The maximum absolute atomic E-state index is 17.3. The highest BCUT2D eigenvalue weighted by molar-refractivity contribution is 6.05. The molecule has 3 N–H and O–H groups in total. The summed E-state index contributed by atoms with van der Waals surface area (Å²) in [4.78, 5) is 14.1. The van der Waals surface area contributed by atoms with E-state index in [1.54, 1.807) is 0 Å². The van der Waals surface area contributed by atoms with Crippen molar-refractivity contribution in [2.24, 2.45) is 0 Å². The van der Waals surface area contributed by atoms with Gasteiger partial charge in [-0.25, -0.2) is 13.2 Å². The molecule has 46 heavy (non-hydrogen) atoms. The second kappa shape index (κ2) is 10.2. The second-order valence-electron chi connectivity index (χ2n) is 13.3. The third kappa shape index (κ3) is 3.93. The number of nitriles is 1. The highest BCUT2D eigenvalue weighted by Crippen LogP contribution is 2.48. The second-order valence-corrected chi connectivity index (χ2v) is 13.3. The van der Waals surface area contributed by atoms with E-state index in [1.165, 1.54) is 12.1 Å². The number of rotatable bonds is 5. The Labute approximate surface area is 262 Å². The molecule has 4 fully saturated rings. The number of nitrogens with zero attached hydrogens (tertiary/aromatic N) is 5. The van der Waals surface area contributed by atoms with Gasteiger partial charge in [-0.3, -0.25) is 4.90 Å². The van der Waals surface area contributed by atoms with Crippen LogP contribution in [0.25, 0.3) is 33.0 Å². The van der Waals surface area contributed by atoms with Gasteiger partial charge < -0.3 is 29.8 Å². The highest BCUT2D eigenvalue weighted by atomic mass is 19.1. The van der Waals surface area contributed by atoms with E-state index in [2.05, 4.69) is 15.1 Å². The number of nitrogen functional groups attached to an aromatic ring is 1. The Bertz CT molecular complexity index is 1960. The number of furan rings is 1. The Hall–Kier alpha value is -4.12. The van der Waals surface area contributed by atoms with Crippen LogP contribution in [0, 0.1) is 23.0 Å². The van der Waals surface area contributed by atoms with E-state index in [-0.39, 0.29) is 77.0 Å². The third-order valence-corrected chi connectivity index (χ3v) is 10.8. The van der Waals surface area contributed by atoms with Crippen LogP contribution in [0.1, 0.15) is 48.8 Å². The standard InChI is InChI=1S/C33H32F3N7O3/c34-16-8-33(6-1-7-42(33)12-16)15-45-32-40-28-26(31(41-32)43-17-2-3-18(43)11-39-10-17)22-14-44-13-21(22)24(27(28)36)19-4-5-23(35)29-25(19)20(9-37)30(38)46-29/h4-5,16-18,39H,1-3,6-8,10-15,38H2/t16-,17?,18?,33+/m1/s1. The molecule has 4 aromatic rings. The number of alkyl halides is 1. The molecule has 9 rings (SSSR count). The molecule has 13 heteroatoms. The number of nitrogens with two attached hydrogens (primary N) is 1. The van der Waals surface area contributed by atoms with Gasteiger partial charge in [0.25, 0.3) is 0 Å². The summed E-state index contributed by atoms with van der Waals surface area (Å²) >= 11 is 0. The Kier molecular flexibility index (Phi) is 6.23. The topological polar surface area (TPSA) is 126 Å². The summed E-state index contributed by atoms with van der Waals surface area (Å²) < 4.78 is 64.4. The van der Waals surface area contributed by atoms with E-state index >= 15 is 4.39 Å². The van der Waals surface area contributed by atoms with E-state index in [0.717, 1.165) is 50.9 Å². The molecule has 0 amide bonds. The maximum atomic E-state index is 17.3. The van der Waals surface area contributed by atoms with E-state index in [9.17, 15) is 14.0 Å². The highest BCUT2D eigenvalue weighted by Gasteiger charge is 2.49. The number of halogens is 3. The van der Waals surface area contributed by atoms with Gasteiger partial charge in [-0.15, -0.1) is 0 Å². The number of ether oxygens (including phenoxy) is 2. The van der Waals surface area contributed by atoms with Crippen molar-refractivity contribution in [2.75, 3.05) is 43.4 Å². The number of hydrogen-bond donors (Lipinski definition) is 2. The zero-order valence-electron chi connectivity index (χ0n) is 25.0. The summed E-state index contributed by atoms with van der Waals surface area (Å²) in [6, 6.07) is 4.97. The van der Waals surface area contributed by atoms with Crippen molar-refractivity contribution in [2.45, 2.75) is 69.1 Å². The van der Waals surface area contributed by atoms with Gasteiger partial charge in [0.15, 0.2) is 17.2 Å². The average molecular weight is 632 g/mol. The van der Waals surface area contributed by atoms with Gasteiger partial charge in [0.1, 0.15) is 35.7 Å². The van der Waals surface area contributed by atoms with Gasteiger partial charge in [0.05, 0.1) is 29.5 Å². The van der Waals surface area contributed by atoms with Crippen LogP contribution in [-0.2, 0) is 18.0 Å². The Morgan fingerprint density at radius 1 is 1.13 bits per heavy atom. The third-order valence-electron chi connectivity index (χ3n) is 10.8. The van der Waals surface area contributed by atoms with Crippen molar-refractivity contribution in [3.63, 3.8) is 0 Å². The van der Waals surface area contributed by atoms with Crippen molar-refractivity contribution in [1.29, 1.82) is 5.26 Å². The summed E-state index contributed by atoms with van der Waals surface area (Å²) in [6.07, 6.45) is 3.19. The van der Waals surface area contributed by atoms with Crippen LogP contribution in [0.2, 0.25) is 0 Å². The minimum Gasteiger partial charge on any atom is -0.461 e. The number of nitrogens with one attached hydrogen (secondary N) is 1. The number of aromatic nitrogens is 2. The fourth-order valence-corrected chi connectivity index (χ4v) is 8.80. The Morgan fingerprint density at radius 3 is 2.74 bits per heavy atom. The van der Waals surface area contributed by atoms with E-state index < -0.39 is 23.3 Å². The molecule has 7 heterocycles. The smallest absolute Gasteiger partial charge is 0.319 e. The predicted octanol–water partition coefficient (Wildman–Crippen LogP) is 4.70. The molecule has 5 aliphatic heterocycles. The minimum absolute atomic E-state index is 0.0298. The lowest BCUT2D eigenvalue weighted by atomic mass is 9.90. The molecule has 2 aromatic heterocycles. The van der Waals surface area contributed by atoms with Gasteiger partial charge in [0, 0.05) is 43.7 Å². The quantitative estimate of drug-likeness (QED) is 0.320. The monoisotopic (exact) mass is 631 g/mol. The lowest BCUT2D eigenvalue weighted by molar-refractivity contribution is 0.107. The Morgan fingerprint density at radius 2 is 1.93 bits per heavy atom. The molecule has 4 atom stereocenters. The summed E-state index contributed by atoms with van der Waals surface area (Å²) in [5, 5.41) is 14.1. The van der Waals surface area contributed by atoms with Crippen LogP contribution in [0.3, 0.4) is 0 Å². The zero-order valence-corrected chi connectivity index (χ0v) is 25.0. The summed E-state index contributed by atoms with van der Waals surface area (Å²) in [5.74, 6) is -1.00. The molecule has 0 radical (unpaired) electrons. The van der Waals surface area contributed by atoms with Crippen LogP contribution < -0.4 is 20.7 Å². The van der Waals surface area contributed by atoms with Crippen LogP contribution in [-0.4, -0.2) is 71.4 Å². The largest absolute Gasteiger partial charge is 0.461 e. The van der Waals surface area contributed by atoms with Crippen molar-refractivity contribution >= 4 is 33.6 Å². The minimum atomic E-state index is -0.918. The molecule has 0 aliphatic carbocycles. The van der Waals surface area contributed by atoms with Crippen molar-refractivity contribution in [3.05, 3.63) is 40.5 Å². The SMILES string of the molecule is N#Cc1c(N)oc2c(F)ccc(-c3c4c(c5c(N6C7CCC6CNC7)nc(OC[C@@]67CCCN6C[C@H](F)C7)nc5c3F)COC4)c12. The maximum Gasteiger partial charge on any atom is 0.319 e. The molecule has 5 aliphatic rings. The first-order valence-corrected chi connectivity index (χ1v) is 15.9. The van der Waals surface area contributed by atoms with Gasteiger partial charge in [-0.2, -0.15) is 15.2 Å². The molecule has 2 bridgehead atoms. The first-order valence-electron chi connectivity index (χ1n) is 15.9. The Balaban J connectivity index is 1.27. The van der Waals surface area contributed by atoms with Gasteiger partial charge in [-0.1, -0.05) is 6.07 Å². The molecular formula is C33H32F3N7O3. The summed E-state index contributed by atoms with van der Waals surface area (Å²) in [6.45, 7) is 3.28. The van der Waals surface area contributed by atoms with Crippen LogP contribution in [0.15, 0.2) is 16.5 Å². The normalized spacial score (nSPS) is 27.1. The number of anilines is 2. The number of benzene rings is 2. The summed E-state index contributed by atoms with van der Waals surface area (Å²) in [7, 11) is 0. The van der Waals surface area contributed by atoms with Crippen molar-refractivity contribution in [1.82, 2.24) is 20.2 Å². The van der Waals surface area contributed by atoms with Crippen molar-refractivity contribution < 1.29 is 27.1 Å².